The molecule has 1 rings (SSSR count). The summed E-state index contributed by atoms with van der Waals surface area (Å²) in [7, 11) is 0. The van der Waals surface area contributed by atoms with E-state index in [0.717, 1.165) is 15.5 Å². The molecule has 0 aliphatic carbocycles. The quantitative estimate of drug-likeness (QED) is 0.579. The van der Waals surface area contributed by atoms with E-state index in [9.17, 15) is 0 Å². The normalized spacial score (nSPS) is 9.83. The summed E-state index contributed by atoms with van der Waals surface area (Å²) in [5.74, 6) is 0. The summed E-state index contributed by atoms with van der Waals surface area (Å²) in [4.78, 5) is 1.06. The van der Waals surface area contributed by atoms with Gasteiger partial charge in [-0.15, -0.1) is 0 Å². The van der Waals surface area contributed by atoms with Crippen LogP contribution in [0.4, 0.5) is 0 Å². The molecule has 0 amide bonds. The van der Waals surface area contributed by atoms with Crippen LogP contribution in [-0.2, 0) is 0 Å². The fourth-order valence-electron chi connectivity index (χ4n) is 0.836. The van der Waals surface area contributed by atoms with Crippen LogP contribution in [0.1, 0.15) is 5.56 Å². The Morgan fingerprint density at radius 2 is 2.25 bits per heavy atom. The van der Waals surface area contributed by atoms with Gasteiger partial charge in [-0.25, -0.2) is 0 Å². The van der Waals surface area contributed by atoms with E-state index in [0.29, 0.717) is 4.32 Å². The molecule has 0 spiro atoms. The zero-order valence-corrected chi connectivity index (χ0v) is 8.89. The third-order valence-corrected chi connectivity index (χ3v) is 2.71. The van der Waals surface area contributed by atoms with Crippen LogP contribution in [0, 0.1) is 6.92 Å². The van der Waals surface area contributed by atoms with Crippen molar-refractivity contribution in [2.24, 2.45) is 5.73 Å². The Balaban J connectivity index is 2.93. The summed E-state index contributed by atoms with van der Waals surface area (Å²) >= 11 is 11.9. The lowest BCUT2D eigenvalue weighted by atomic mass is 10.2. The molecule has 0 atom stereocenters. The van der Waals surface area contributed by atoms with Crippen LogP contribution in [0.3, 0.4) is 0 Å². The van der Waals surface area contributed by atoms with Gasteiger partial charge in [-0.1, -0.05) is 35.6 Å². The van der Waals surface area contributed by atoms with Gasteiger partial charge in [-0.2, -0.15) is 0 Å². The van der Waals surface area contributed by atoms with Crippen molar-refractivity contribution in [3.8, 4) is 0 Å². The molecule has 0 fully saturated rings. The van der Waals surface area contributed by atoms with Crippen molar-refractivity contribution in [2.75, 3.05) is 0 Å². The summed E-state index contributed by atoms with van der Waals surface area (Å²) in [5.41, 5.74) is 6.49. The predicted molar refractivity (Wildman–Crippen MR) is 58.8 cm³/mol. The van der Waals surface area contributed by atoms with Crippen molar-refractivity contribution in [2.45, 2.75) is 11.8 Å². The molecule has 0 aliphatic rings. The fourth-order valence-corrected chi connectivity index (χ4v) is 1.90. The number of hydrogen-bond acceptors (Lipinski definition) is 2. The van der Waals surface area contributed by atoms with Crippen LogP contribution >= 0.6 is 35.6 Å². The smallest absolute Gasteiger partial charge is 0.136 e. The fraction of sp³-hybridized carbons (Fsp3) is 0.125. The first-order valence-corrected chi connectivity index (χ1v) is 4.93. The minimum atomic E-state index is 0.431. The zero-order chi connectivity index (χ0) is 9.14. The number of nitrogens with two attached hydrogens (primary N) is 1. The molecule has 64 valence electrons. The minimum Gasteiger partial charge on any atom is -0.384 e. The molecule has 0 aliphatic heterocycles. The molecule has 1 aromatic rings. The van der Waals surface area contributed by atoms with Crippen LogP contribution in [0.15, 0.2) is 23.1 Å². The molecule has 0 saturated carbocycles. The second-order valence-corrected chi connectivity index (χ2v) is 4.55. The van der Waals surface area contributed by atoms with Gasteiger partial charge in [0.05, 0.1) is 0 Å². The number of hydrogen-bond donors (Lipinski definition) is 1. The number of thiocarbonyl (C=S) groups is 1. The summed E-state index contributed by atoms with van der Waals surface area (Å²) in [6.45, 7) is 1.98. The summed E-state index contributed by atoms with van der Waals surface area (Å²) < 4.78 is 0.431. The van der Waals surface area contributed by atoms with E-state index in [1.165, 1.54) is 11.8 Å². The average molecular weight is 218 g/mol. The Morgan fingerprint density at radius 3 is 2.75 bits per heavy atom. The highest BCUT2D eigenvalue weighted by Gasteiger charge is 2.00. The molecule has 1 aromatic carbocycles. The van der Waals surface area contributed by atoms with Gasteiger partial charge >= 0.3 is 0 Å². The lowest BCUT2D eigenvalue weighted by molar-refractivity contribution is 1.31. The van der Waals surface area contributed by atoms with E-state index < -0.39 is 0 Å². The Hall–Kier alpha value is -0.250. The Morgan fingerprint density at radius 1 is 1.58 bits per heavy atom. The van der Waals surface area contributed by atoms with Gasteiger partial charge in [0.15, 0.2) is 0 Å². The third-order valence-electron chi connectivity index (χ3n) is 1.35. The lowest BCUT2D eigenvalue weighted by Crippen LogP contribution is -2.01. The van der Waals surface area contributed by atoms with Crippen LogP contribution < -0.4 is 5.73 Å². The SMILES string of the molecule is Cc1cc(Cl)ccc1SC(N)=S. The van der Waals surface area contributed by atoms with Gasteiger partial charge in [-0.3, -0.25) is 0 Å². The molecule has 0 heterocycles. The maximum absolute atomic E-state index is 5.78. The highest BCUT2D eigenvalue weighted by atomic mass is 35.5. The van der Waals surface area contributed by atoms with E-state index in [1.54, 1.807) is 0 Å². The number of aryl methyl sites for hydroxylation is 1. The Kier molecular flexibility index (Phi) is 3.38. The van der Waals surface area contributed by atoms with E-state index in [-0.39, 0.29) is 0 Å². The number of thioether (sulfide) groups is 1. The van der Waals surface area contributed by atoms with E-state index >= 15 is 0 Å². The first kappa shape index (κ1) is 9.84. The maximum atomic E-state index is 5.78. The summed E-state index contributed by atoms with van der Waals surface area (Å²) in [5, 5.41) is 0.736. The average Bonchev–Trinajstić information content (AvgIpc) is 1.94. The van der Waals surface area contributed by atoms with Gasteiger partial charge in [0.1, 0.15) is 4.32 Å². The molecule has 2 N–H and O–H groups in total. The van der Waals surface area contributed by atoms with Gasteiger partial charge in [0, 0.05) is 9.92 Å². The molecule has 0 radical (unpaired) electrons. The number of halogens is 1. The first-order valence-electron chi connectivity index (χ1n) is 3.33. The molecule has 4 heteroatoms. The first-order chi connectivity index (χ1) is 5.59. The second-order valence-electron chi connectivity index (χ2n) is 2.33. The van der Waals surface area contributed by atoms with Crippen molar-refractivity contribution in [1.82, 2.24) is 0 Å². The molecule has 0 unspecified atom stereocenters. The van der Waals surface area contributed by atoms with Crippen LogP contribution in [0.25, 0.3) is 0 Å². The summed E-state index contributed by atoms with van der Waals surface area (Å²) in [6.07, 6.45) is 0. The monoisotopic (exact) mass is 217 g/mol. The molecule has 0 aromatic heterocycles. The summed E-state index contributed by atoms with van der Waals surface area (Å²) in [6, 6.07) is 5.64. The zero-order valence-electron chi connectivity index (χ0n) is 6.50. The largest absolute Gasteiger partial charge is 0.384 e. The minimum absolute atomic E-state index is 0.431. The molecule has 12 heavy (non-hydrogen) atoms. The van der Waals surface area contributed by atoms with Crippen LogP contribution in [0.5, 0.6) is 0 Å². The topological polar surface area (TPSA) is 26.0 Å². The third kappa shape index (κ3) is 2.66. The standard InChI is InChI=1S/C8H8ClNS2/c1-5-4-6(9)2-3-7(5)12-8(10)11/h2-4H,1H3,(H2,10,11). The van der Waals surface area contributed by atoms with Crippen molar-refractivity contribution in [1.29, 1.82) is 0 Å². The molecular weight excluding hydrogens is 210 g/mol. The Labute approximate surface area is 86.3 Å². The van der Waals surface area contributed by atoms with E-state index in [4.69, 9.17) is 29.6 Å². The molecule has 0 saturated heterocycles. The van der Waals surface area contributed by atoms with Gasteiger partial charge in [0.2, 0.25) is 0 Å². The lowest BCUT2D eigenvalue weighted by Gasteiger charge is -2.03. The number of rotatable bonds is 1. The second kappa shape index (κ2) is 4.12. The van der Waals surface area contributed by atoms with Crippen LogP contribution in [-0.4, -0.2) is 4.32 Å². The Bertz CT molecular complexity index is 312. The number of benzene rings is 1. The van der Waals surface area contributed by atoms with Crippen molar-refractivity contribution < 1.29 is 0 Å². The van der Waals surface area contributed by atoms with Gasteiger partial charge < -0.3 is 5.73 Å². The van der Waals surface area contributed by atoms with E-state index in [1.807, 2.05) is 25.1 Å². The predicted octanol–water partition coefficient (Wildman–Crippen LogP) is 2.98. The van der Waals surface area contributed by atoms with Gasteiger partial charge in [0.25, 0.3) is 0 Å². The van der Waals surface area contributed by atoms with Crippen molar-refractivity contribution >= 4 is 39.9 Å². The highest BCUT2D eigenvalue weighted by Crippen LogP contribution is 2.24. The molecular formula is C8H8ClNS2. The van der Waals surface area contributed by atoms with E-state index in [2.05, 4.69) is 0 Å². The molecule has 0 bridgehead atoms. The highest BCUT2D eigenvalue weighted by molar-refractivity contribution is 8.23. The van der Waals surface area contributed by atoms with Crippen LogP contribution in [0.2, 0.25) is 5.02 Å². The molecule has 1 nitrogen and oxygen atoms in total. The van der Waals surface area contributed by atoms with Crippen molar-refractivity contribution in [3.63, 3.8) is 0 Å². The maximum Gasteiger partial charge on any atom is 0.136 e. The van der Waals surface area contributed by atoms with Gasteiger partial charge in [-0.05, 0) is 30.7 Å². The van der Waals surface area contributed by atoms with Crippen molar-refractivity contribution in [3.05, 3.63) is 28.8 Å².